The molecule has 5 nitrogen and oxygen atoms in total. The molecule has 1 aliphatic heterocycles. The van der Waals surface area contributed by atoms with Crippen molar-refractivity contribution in [3.8, 4) is 0 Å². The van der Waals surface area contributed by atoms with Crippen LogP contribution in [0.4, 0.5) is 5.00 Å². The molecule has 1 unspecified atom stereocenters. The number of hydrogen-bond donors (Lipinski definition) is 2. The Morgan fingerprint density at radius 2 is 2.18 bits per heavy atom. The number of thiophene rings is 1. The summed E-state index contributed by atoms with van der Waals surface area (Å²) in [6.45, 7) is 7.07. The molecule has 2 N–H and O–H groups in total. The molecule has 0 saturated carbocycles. The SMILES string of the molecule is CCOC(=O)c1c(NC(=O)CC2CCCN2)sc(C)c1CC. The van der Waals surface area contributed by atoms with Gasteiger partial charge in [-0.25, -0.2) is 4.79 Å². The van der Waals surface area contributed by atoms with E-state index in [-0.39, 0.29) is 17.9 Å². The minimum Gasteiger partial charge on any atom is -0.462 e. The van der Waals surface area contributed by atoms with Gasteiger partial charge in [0.2, 0.25) is 5.91 Å². The van der Waals surface area contributed by atoms with Crippen molar-refractivity contribution in [2.75, 3.05) is 18.5 Å². The average Bonchev–Trinajstić information content (AvgIpc) is 3.06. The molecule has 0 radical (unpaired) electrons. The van der Waals surface area contributed by atoms with Crippen molar-refractivity contribution in [2.24, 2.45) is 0 Å². The normalized spacial score (nSPS) is 17.5. The number of amides is 1. The smallest absolute Gasteiger partial charge is 0.341 e. The molecule has 1 fully saturated rings. The Morgan fingerprint density at radius 3 is 2.77 bits per heavy atom. The van der Waals surface area contributed by atoms with E-state index in [1.807, 2.05) is 13.8 Å². The number of carbonyl (C=O) groups excluding carboxylic acids is 2. The quantitative estimate of drug-likeness (QED) is 0.790. The van der Waals surface area contributed by atoms with Gasteiger partial charge in [-0.1, -0.05) is 6.92 Å². The Labute approximate surface area is 135 Å². The highest BCUT2D eigenvalue weighted by Crippen LogP contribution is 2.34. The Hall–Kier alpha value is -1.40. The molecule has 1 aromatic rings. The van der Waals surface area contributed by atoms with Crippen molar-refractivity contribution in [3.63, 3.8) is 0 Å². The van der Waals surface area contributed by atoms with Crippen LogP contribution in [0, 0.1) is 6.92 Å². The first-order chi connectivity index (χ1) is 10.6. The minimum absolute atomic E-state index is 0.0474. The number of hydrogen-bond acceptors (Lipinski definition) is 5. The molecule has 1 aromatic heterocycles. The third-order valence-corrected chi connectivity index (χ3v) is 4.95. The second-order valence-electron chi connectivity index (χ2n) is 5.46. The average molecular weight is 324 g/mol. The number of anilines is 1. The molecule has 1 aliphatic rings. The van der Waals surface area contributed by atoms with E-state index in [2.05, 4.69) is 10.6 Å². The van der Waals surface area contributed by atoms with Gasteiger partial charge in [-0.3, -0.25) is 4.79 Å². The van der Waals surface area contributed by atoms with Gasteiger partial charge in [0.25, 0.3) is 0 Å². The van der Waals surface area contributed by atoms with Gasteiger partial charge in [0, 0.05) is 17.3 Å². The molecule has 0 bridgehead atoms. The van der Waals surface area contributed by atoms with Crippen molar-refractivity contribution in [2.45, 2.75) is 52.5 Å². The summed E-state index contributed by atoms with van der Waals surface area (Å²) in [4.78, 5) is 25.5. The second-order valence-corrected chi connectivity index (χ2v) is 6.69. The summed E-state index contributed by atoms with van der Waals surface area (Å²) in [5.74, 6) is -0.396. The Balaban J connectivity index is 2.14. The zero-order chi connectivity index (χ0) is 16.1. The van der Waals surface area contributed by atoms with E-state index >= 15 is 0 Å². The van der Waals surface area contributed by atoms with E-state index in [1.54, 1.807) is 6.92 Å². The van der Waals surface area contributed by atoms with Crippen LogP contribution in [-0.4, -0.2) is 31.1 Å². The van der Waals surface area contributed by atoms with Gasteiger partial charge < -0.3 is 15.4 Å². The van der Waals surface area contributed by atoms with Crippen LogP contribution in [0.2, 0.25) is 0 Å². The number of nitrogens with one attached hydrogen (secondary N) is 2. The molecule has 0 aliphatic carbocycles. The molecule has 0 spiro atoms. The third-order valence-electron chi connectivity index (χ3n) is 3.89. The van der Waals surface area contributed by atoms with Crippen LogP contribution < -0.4 is 10.6 Å². The van der Waals surface area contributed by atoms with Crippen LogP contribution in [0.1, 0.15) is 53.9 Å². The summed E-state index contributed by atoms with van der Waals surface area (Å²) in [7, 11) is 0. The number of rotatable bonds is 6. The van der Waals surface area contributed by atoms with E-state index < -0.39 is 0 Å². The van der Waals surface area contributed by atoms with Gasteiger partial charge in [0.15, 0.2) is 0 Å². The van der Waals surface area contributed by atoms with E-state index in [0.717, 1.165) is 36.2 Å². The maximum atomic E-state index is 12.2. The van der Waals surface area contributed by atoms with E-state index in [1.165, 1.54) is 11.3 Å². The Bertz CT molecular complexity index is 548. The van der Waals surface area contributed by atoms with Crippen molar-refractivity contribution >= 4 is 28.2 Å². The van der Waals surface area contributed by atoms with Gasteiger partial charge in [-0.2, -0.15) is 0 Å². The molecule has 2 rings (SSSR count). The molecule has 1 atom stereocenters. The lowest BCUT2D eigenvalue weighted by Gasteiger charge is -2.11. The molecule has 1 amide bonds. The predicted octanol–water partition coefficient (Wildman–Crippen LogP) is 2.88. The largest absolute Gasteiger partial charge is 0.462 e. The van der Waals surface area contributed by atoms with Crippen LogP contribution in [0.15, 0.2) is 0 Å². The summed E-state index contributed by atoms with van der Waals surface area (Å²) in [6, 6.07) is 0.248. The fraction of sp³-hybridized carbons (Fsp3) is 0.625. The van der Waals surface area contributed by atoms with Crippen LogP contribution in [0.3, 0.4) is 0 Å². The number of esters is 1. The molecular weight excluding hydrogens is 300 g/mol. The molecule has 6 heteroatoms. The number of carbonyl (C=O) groups is 2. The summed E-state index contributed by atoms with van der Waals surface area (Å²) < 4.78 is 5.14. The van der Waals surface area contributed by atoms with Crippen molar-refractivity contribution in [1.82, 2.24) is 5.32 Å². The highest BCUT2D eigenvalue weighted by atomic mass is 32.1. The fourth-order valence-electron chi connectivity index (χ4n) is 2.84. The van der Waals surface area contributed by atoms with Gasteiger partial charge in [0.05, 0.1) is 12.2 Å². The molecular formula is C16H24N2O3S. The maximum Gasteiger partial charge on any atom is 0.341 e. The fourth-order valence-corrected chi connectivity index (χ4v) is 3.99. The standard InChI is InChI=1S/C16H24N2O3S/c1-4-12-10(3)22-15(14(12)16(20)21-5-2)18-13(19)9-11-7-6-8-17-11/h11,17H,4-9H2,1-3H3,(H,18,19). The number of aryl methyl sites for hydroxylation is 1. The Kier molecular flexibility index (Phi) is 5.97. The topological polar surface area (TPSA) is 67.4 Å². The summed E-state index contributed by atoms with van der Waals surface area (Å²) in [5.41, 5.74) is 1.50. The van der Waals surface area contributed by atoms with Gasteiger partial charge >= 0.3 is 5.97 Å². The van der Waals surface area contributed by atoms with Gasteiger partial charge in [0.1, 0.15) is 5.00 Å². The zero-order valence-electron chi connectivity index (χ0n) is 13.5. The van der Waals surface area contributed by atoms with Crippen LogP contribution >= 0.6 is 11.3 Å². The molecule has 22 heavy (non-hydrogen) atoms. The first-order valence-corrected chi connectivity index (χ1v) is 8.71. The monoisotopic (exact) mass is 324 g/mol. The minimum atomic E-state index is -0.349. The third kappa shape index (κ3) is 3.87. The first kappa shape index (κ1) is 17.0. The predicted molar refractivity (Wildman–Crippen MR) is 88.7 cm³/mol. The highest BCUT2D eigenvalue weighted by molar-refractivity contribution is 7.16. The van der Waals surface area contributed by atoms with Crippen molar-refractivity contribution in [1.29, 1.82) is 0 Å². The lowest BCUT2D eigenvalue weighted by atomic mass is 10.1. The van der Waals surface area contributed by atoms with Crippen LogP contribution in [-0.2, 0) is 16.0 Å². The highest BCUT2D eigenvalue weighted by Gasteiger charge is 2.24. The summed E-state index contributed by atoms with van der Waals surface area (Å²) in [6.07, 6.45) is 3.34. The lowest BCUT2D eigenvalue weighted by molar-refractivity contribution is -0.116. The summed E-state index contributed by atoms with van der Waals surface area (Å²) in [5, 5.41) is 6.84. The van der Waals surface area contributed by atoms with Crippen molar-refractivity contribution < 1.29 is 14.3 Å². The molecule has 2 heterocycles. The van der Waals surface area contributed by atoms with Gasteiger partial charge in [-0.15, -0.1) is 11.3 Å². The lowest BCUT2D eigenvalue weighted by Crippen LogP contribution is -2.27. The second kappa shape index (κ2) is 7.74. The zero-order valence-corrected chi connectivity index (χ0v) is 14.3. The van der Waals surface area contributed by atoms with E-state index in [9.17, 15) is 9.59 Å². The van der Waals surface area contributed by atoms with Gasteiger partial charge in [-0.05, 0) is 45.2 Å². The molecule has 122 valence electrons. The van der Waals surface area contributed by atoms with Crippen molar-refractivity contribution in [3.05, 3.63) is 16.0 Å². The maximum absolute atomic E-state index is 12.2. The molecule has 1 saturated heterocycles. The number of ether oxygens (including phenoxy) is 1. The van der Waals surface area contributed by atoms with Crippen LogP contribution in [0.5, 0.6) is 0 Å². The summed E-state index contributed by atoms with van der Waals surface area (Å²) >= 11 is 1.45. The van der Waals surface area contributed by atoms with E-state index in [4.69, 9.17) is 4.74 Å². The Morgan fingerprint density at radius 1 is 1.41 bits per heavy atom. The molecule has 0 aromatic carbocycles. The van der Waals surface area contributed by atoms with Crippen LogP contribution in [0.25, 0.3) is 0 Å². The van der Waals surface area contributed by atoms with E-state index in [0.29, 0.717) is 23.6 Å². The first-order valence-electron chi connectivity index (χ1n) is 7.89.